The van der Waals surface area contributed by atoms with Gasteiger partial charge in [-0.25, -0.2) is 8.42 Å². The highest BCUT2D eigenvalue weighted by molar-refractivity contribution is 7.91. The molecule has 1 N–H and O–H groups in total. The Balaban J connectivity index is 1.59. The van der Waals surface area contributed by atoms with E-state index >= 15 is 0 Å². The van der Waals surface area contributed by atoms with E-state index in [1.165, 1.54) is 6.07 Å². The Morgan fingerprint density at radius 3 is 2.38 bits per heavy atom. The number of nitrogens with one attached hydrogen (secondary N) is 1. The fraction of sp³-hybridized carbons (Fsp3) is 0.548. The maximum Gasteiger partial charge on any atom is 0.416 e. The van der Waals surface area contributed by atoms with Crippen LogP contribution in [0.3, 0.4) is 0 Å². The van der Waals surface area contributed by atoms with Gasteiger partial charge in [-0.2, -0.15) is 13.2 Å². The molecule has 1 aliphatic carbocycles. The second kappa shape index (κ2) is 12.0. The van der Waals surface area contributed by atoms with E-state index in [4.69, 9.17) is 0 Å². The number of halogens is 3. The smallest absolute Gasteiger partial charge is 0.340 e. The van der Waals surface area contributed by atoms with Crippen molar-refractivity contribution in [3.63, 3.8) is 0 Å². The van der Waals surface area contributed by atoms with Gasteiger partial charge in [0.25, 0.3) is 5.91 Å². The molecule has 0 spiro atoms. The van der Waals surface area contributed by atoms with Crippen LogP contribution in [0.5, 0.6) is 0 Å². The molecular formula is C31H40F3N3O4S. The van der Waals surface area contributed by atoms with Gasteiger partial charge in [0, 0.05) is 35.6 Å². The second-order valence-corrected chi connectivity index (χ2v) is 14.6. The zero-order chi connectivity index (χ0) is 31.0. The molecule has 2 aromatic rings. The van der Waals surface area contributed by atoms with Gasteiger partial charge in [-0.15, -0.1) is 0 Å². The average molecular weight is 608 g/mol. The van der Waals surface area contributed by atoms with Crippen molar-refractivity contribution in [3.8, 4) is 0 Å². The molecule has 0 bridgehead atoms. The Morgan fingerprint density at radius 2 is 1.76 bits per heavy atom. The quantitative estimate of drug-likeness (QED) is 0.456. The predicted molar refractivity (Wildman–Crippen MR) is 155 cm³/mol. The molecule has 2 amide bonds. The van der Waals surface area contributed by atoms with E-state index in [1.807, 2.05) is 20.9 Å². The third-order valence-electron chi connectivity index (χ3n) is 8.86. The first-order valence-corrected chi connectivity index (χ1v) is 15.9. The van der Waals surface area contributed by atoms with Crippen LogP contribution in [0, 0.1) is 11.3 Å². The van der Waals surface area contributed by atoms with Gasteiger partial charge in [0.15, 0.2) is 9.84 Å². The number of likely N-dealkylation sites (tertiary alicyclic amines) is 1. The van der Waals surface area contributed by atoms with Crippen molar-refractivity contribution >= 4 is 21.7 Å². The molecule has 2 fully saturated rings. The average Bonchev–Trinajstić information content (AvgIpc) is 3.15. The van der Waals surface area contributed by atoms with E-state index in [0.29, 0.717) is 12.8 Å². The summed E-state index contributed by atoms with van der Waals surface area (Å²) in [5.74, 6) is -1.56. The number of alkyl halides is 3. The van der Waals surface area contributed by atoms with Crippen molar-refractivity contribution in [1.82, 2.24) is 15.1 Å². The highest BCUT2D eigenvalue weighted by Gasteiger charge is 2.51. The zero-order valence-electron chi connectivity index (χ0n) is 24.7. The van der Waals surface area contributed by atoms with Crippen LogP contribution in [0.2, 0.25) is 0 Å². The molecule has 230 valence electrons. The minimum absolute atomic E-state index is 0.115. The Morgan fingerprint density at radius 1 is 1.10 bits per heavy atom. The summed E-state index contributed by atoms with van der Waals surface area (Å²) < 4.78 is 66.7. The van der Waals surface area contributed by atoms with Crippen molar-refractivity contribution in [1.29, 1.82) is 0 Å². The summed E-state index contributed by atoms with van der Waals surface area (Å²) >= 11 is 0. The van der Waals surface area contributed by atoms with Crippen LogP contribution in [0.25, 0.3) is 0 Å². The highest BCUT2D eigenvalue weighted by atomic mass is 32.2. The van der Waals surface area contributed by atoms with E-state index in [1.54, 1.807) is 35.2 Å². The molecule has 2 aliphatic rings. The lowest BCUT2D eigenvalue weighted by atomic mass is 9.80. The van der Waals surface area contributed by atoms with Crippen LogP contribution < -0.4 is 5.32 Å². The van der Waals surface area contributed by atoms with Gasteiger partial charge in [0.1, 0.15) is 6.04 Å². The predicted octanol–water partition coefficient (Wildman–Crippen LogP) is 5.02. The molecule has 1 aliphatic heterocycles. The van der Waals surface area contributed by atoms with Gasteiger partial charge in [-0.1, -0.05) is 38.1 Å². The fourth-order valence-corrected chi connectivity index (χ4v) is 7.99. The topological polar surface area (TPSA) is 86.8 Å². The third kappa shape index (κ3) is 6.83. The van der Waals surface area contributed by atoms with Gasteiger partial charge in [-0.3, -0.25) is 9.59 Å². The van der Waals surface area contributed by atoms with E-state index in [0.717, 1.165) is 24.6 Å². The fourth-order valence-electron chi connectivity index (χ4n) is 6.31. The molecule has 4 atom stereocenters. The van der Waals surface area contributed by atoms with E-state index < -0.39 is 38.9 Å². The van der Waals surface area contributed by atoms with Crippen LogP contribution in [0.4, 0.5) is 13.2 Å². The first-order chi connectivity index (χ1) is 19.5. The lowest BCUT2D eigenvalue weighted by Gasteiger charge is -2.44. The molecule has 4 rings (SSSR count). The number of sulfone groups is 1. The molecule has 0 radical (unpaired) electrons. The van der Waals surface area contributed by atoms with Crippen LogP contribution in [0.1, 0.15) is 62.9 Å². The maximum atomic E-state index is 13.9. The molecule has 11 heteroatoms. The lowest BCUT2D eigenvalue weighted by Crippen LogP contribution is -2.53. The lowest BCUT2D eigenvalue weighted by molar-refractivity contribution is -0.137. The largest absolute Gasteiger partial charge is 0.416 e. The SMILES string of the molecule is CC(C)N(C)[C@@H]1CC[C@H](N2CC(C)(C)[C@H](NC(=O)c3cccc(C(F)(F)F)c3)C2=O)[C@H](CS(=O)(=O)c2ccccc2)C1. The second-order valence-electron chi connectivity index (χ2n) is 12.6. The van der Waals surface area contributed by atoms with Crippen LogP contribution >= 0.6 is 0 Å². The number of hydrogen-bond donors (Lipinski definition) is 1. The number of rotatable bonds is 8. The van der Waals surface area contributed by atoms with Crippen molar-refractivity contribution in [2.75, 3.05) is 19.3 Å². The maximum absolute atomic E-state index is 13.9. The third-order valence-corrected chi connectivity index (χ3v) is 10.7. The van der Waals surface area contributed by atoms with Crippen LogP contribution in [0.15, 0.2) is 59.5 Å². The molecule has 1 heterocycles. The Bertz CT molecular complexity index is 1400. The summed E-state index contributed by atoms with van der Waals surface area (Å²) in [6, 6.07) is 11.5. The highest BCUT2D eigenvalue weighted by Crippen LogP contribution is 2.40. The molecular weight excluding hydrogens is 567 g/mol. The van der Waals surface area contributed by atoms with Gasteiger partial charge in [-0.05, 0) is 76.4 Å². The molecule has 1 saturated carbocycles. The zero-order valence-corrected chi connectivity index (χ0v) is 25.5. The summed E-state index contributed by atoms with van der Waals surface area (Å²) in [7, 11) is -1.61. The van der Waals surface area contributed by atoms with Gasteiger partial charge in [0.2, 0.25) is 5.91 Å². The summed E-state index contributed by atoms with van der Waals surface area (Å²) in [6.07, 6.45) is -2.62. The summed E-state index contributed by atoms with van der Waals surface area (Å²) in [5.41, 5.74) is -1.86. The Kier molecular flexibility index (Phi) is 9.14. The van der Waals surface area contributed by atoms with Crippen molar-refractivity contribution in [2.24, 2.45) is 11.3 Å². The standard InChI is InChI=1S/C31H40F3N3O4S/c1-20(2)36(5)24-14-15-26(22(17-24)18-42(40,41)25-12-7-6-8-13-25)37-19-30(3,4)27(29(37)39)35-28(38)21-10-9-11-23(16-21)31(32,33)34/h6-13,16,20,22,24,26-27H,14-15,17-19H2,1-5H3,(H,35,38)/t22-,24+,26-,27+/m0/s1. The molecule has 0 unspecified atom stereocenters. The molecule has 42 heavy (non-hydrogen) atoms. The number of benzene rings is 2. The van der Waals surface area contributed by atoms with Crippen molar-refractivity contribution in [3.05, 3.63) is 65.7 Å². The minimum atomic E-state index is -4.60. The normalized spacial score (nSPS) is 24.8. The molecule has 7 nitrogen and oxygen atoms in total. The van der Waals surface area contributed by atoms with Crippen LogP contribution in [-0.4, -0.2) is 73.5 Å². The molecule has 2 aromatic carbocycles. The van der Waals surface area contributed by atoms with Gasteiger partial charge < -0.3 is 15.1 Å². The number of carbonyl (C=O) groups is 2. The minimum Gasteiger partial charge on any atom is -0.340 e. The van der Waals surface area contributed by atoms with Gasteiger partial charge >= 0.3 is 6.18 Å². The van der Waals surface area contributed by atoms with E-state index in [9.17, 15) is 31.2 Å². The van der Waals surface area contributed by atoms with Crippen molar-refractivity contribution < 1.29 is 31.2 Å². The number of hydrogen-bond acceptors (Lipinski definition) is 5. The summed E-state index contributed by atoms with van der Waals surface area (Å²) in [5, 5.41) is 2.69. The Hall–Kier alpha value is -2.92. The first-order valence-electron chi connectivity index (χ1n) is 14.3. The number of carbonyl (C=O) groups excluding carboxylic acids is 2. The van der Waals surface area contributed by atoms with E-state index in [-0.39, 0.29) is 52.7 Å². The summed E-state index contributed by atoms with van der Waals surface area (Å²) in [4.78, 5) is 31.1. The number of amides is 2. The monoisotopic (exact) mass is 607 g/mol. The van der Waals surface area contributed by atoms with E-state index in [2.05, 4.69) is 24.1 Å². The number of nitrogens with zero attached hydrogens (tertiary/aromatic N) is 2. The molecule has 0 aromatic heterocycles. The Labute approximate surface area is 246 Å². The van der Waals surface area contributed by atoms with Gasteiger partial charge in [0.05, 0.1) is 16.2 Å². The van der Waals surface area contributed by atoms with Crippen molar-refractivity contribution in [2.45, 2.75) is 82.2 Å². The summed E-state index contributed by atoms with van der Waals surface area (Å²) in [6.45, 7) is 8.13. The molecule has 1 saturated heterocycles. The first kappa shape index (κ1) is 32.0. The van der Waals surface area contributed by atoms with Crippen LogP contribution in [-0.2, 0) is 20.8 Å².